The number of halogens is 1. The van der Waals surface area contributed by atoms with Crippen LogP contribution in [0.4, 0.5) is 0 Å². The van der Waals surface area contributed by atoms with E-state index in [0.29, 0.717) is 6.61 Å². The Kier molecular flexibility index (Phi) is 3.10. The Morgan fingerprint density at radius 1 is 1.29 bits per heavy atom. The molecule has 0 unspecified atom stereocenters. The molecule has 3 nitrogen and oxygen atoms in total. The number of hydrogen-bond acceptors (Lipinski definition) is 4. The van der Waals surface area contributed by atoms with Gasteiger partial charge in [0.2, 0.25) is 0 Å². The minimum absolute atomic E-state index is 0.544. The number of nitrogens with zero attached hydrogens (tertiary/aromatic N) is 2. The van der Waals surface area contributed by atoms with E-state index >= 15 is 0 Å². The van der Waals surface area contributed by atoms with E-state index in [2.05, 4.69) is 25.9 Å². The van der Waals surface area contributed by atoms with E-state index < -0.39 is 0 Å². The molecule has 0 radical (unpaired) electrons. The second kappa shape index (κ2) is 4.52. The molecule has 0 N–H and O–H groups in total. The lowest BCUT2D eigenvalue weighted by Gasteiger charge is -2.03. The van der Waals surface area contributed by atoms with Crippen LogP contribution in [0.25, 0.3) is 0 Å². The molecule has 2 heterocycles. The summed E-state index contributed by atoms with van der Waals surface area (Å²) in [6.45, 7) is 0.544. The average molecular weight is 271 g/mol. The number of rotatable bonds is 3. The van der Waals surface area contributed by atoms with E-state index in [4.69, 9.17) is 4.74 Å². The molecule has 0 spiro atoms. The molecule has 72 valence electrons. The Hall–Kier alpha value is -0.940. The lowest BCUT2D eigenvalue weighted by atomic mass is 10.4. The van der Waals surface area contributed by atoms with Crippen molar-refractivity contribution in [2.24, 2.45) is 0 Å². The van der Waals surface area contributed by atoms with E-state index in [1.54, 1.807) is 35.4 Å². The first-order valence-corrected chi connectivity index (χ1v) is 5.62. The Morgan fingerprint density at radius 2 is 2.21 bits per heavy atom. The molecule has 2 rings (SSSR count). The van der Waals surface area contributed by atoms with E-state index in [0.717, 1.165) is 15.1 Å². The first-order valence-electron chi connectivity index (χ1n) is 3.95. The zero-order valence-electron chi connectivity index (χ0n) is 7.18. The average Bonchev–Trinajstić information content (AvgIpc) is 2.67. The molecule has 0 aliphatic rings. The molecule has 14 heavy (non-hydrogen) atoms. The molecule has 2 aromatic heterocycles. The summed E-state index contributed by atoms with van der Waals surface area (Å²) in [7, 11) is 0. The molecule has 0 saturated carbocycles. The van der Waals surface area contributed by atoms with Crippen molar-refractivity contribution in [3.63, 3.8) is 0 Å². The molecule has 0 atom stereocenters. The number of hydrogen-bond donors (Lipinski definition) is 0. The topological polar surface area (TPSA) is 35.0 Å². The highest BCUT2D eigenvalue weighted by molar-refractivity contribution is 9.10. The summed E-state index contributed by atoms with van der Waals surface area (Å²) in [5, 5.41) is 0. The summed E-state index contributed by atoms with van der Waals surface area (Å²) in [5.41, 5.74) is 1.79. The maximum atomic E-state index is 5.51. The van der Waals surface area contributed by atoms with Crippen molar-refractivity contribution in [3.05, 3.63) is 39.5 Å². The summed E-state index contributed by atoms with van der Waals surface area (Å²) in [6, 6.07) is 1.88. The van der Waals surface area contributed by atoms with Gasteiger partial charge in [0.05, 0.1) is 16.6 Å². The van der Waals surface area contributed by atoms with Gasteiger partial charge in [0.1, 0.15) is 12.4 Å². The summed E-state index contributed by atoms with van der Waals surface area (Å²) >= 11 is 4.91. The number of pyridine rings is 1. The summed E-state index contributed by atoms with van der Waals surface area (Å²) in [5.74, 6) is 0.757. The van der Waals surface area contributed by atoms with Crippen molar-refractivity contribution < 1.29 is 4.74 Å². The lowest BCUT2D eigenvalue weighted by molar-refractivity contribution is 0.308. The standard InChI is InChI=1S/C9H7BrN2OS/c10-7-1-8(3-11-2-7)13-5-9-4-12-6-14-9/h1-4,6H,5H2. The maximum absolute atomic E-state index is 5.51. The van der Waals surface area contributed by atoms with Gasteiger partial charge in [-0.25, -0.2) is 0 Å². The molecular formula is C9H7BrN2OS. The molecule has 0 saturated heterocycles. The van der Waals surface area contributed by atoms with Gasteiger partial charge < -0.3 is 4.74 Å². The fourth-order valence-electron chi connectivity index (χ4n) is 0.939. The Morgan fingerprint density at radius 3 is 2.93 bits per heavy atom. The molecule has 5 heteroatoms. The highest BCUT2D eigenvalue weighted by Gasteiger charge is 1.98. The van der Waals surface area contributed by atoms with Gasteiger partial charge in [0.25, 0.3) is 0 Å². The van der Waals surface area contributed by atoms with E-state index in [9.17, 15) is 0 Å². The number of aromatic nitrogens is 2. The quantitative estimate of drug-likeness (QED) is 0.861. The van der Waals surface area contributed by atoms with Crippen LogP contribution in [0.2, 0.25) is 0 Å². The Balaban J connectivity index is 1.98. The highest BCUT2D eigenvalue weighted by atomic mass is 79.9. The largest absolute Gasteiger partial charge is 0.486 e. The first-order chi connectivity index (χ1) is 6.84. The van der Waals surface area contributed by atoms with E-state index in [1.807, 2.05) is 6.07 Å². The van der Waals surface area contributed by atoms with Gasteiger partial charge in [-0.3, -0.25) is 9.97 Å². The summed E-state index contributed by atoms with van der Waals surface area (Å²) in [6.07, 6.45) is 5.21. The second-order valence-corrected chi connectivity index (χ2v) is 4.48. The monoisotopic (exact) mass is 270 g/mol. The predicted octanol–water partition coefficient (Wildman–Crippen LogP) is 2.88. The molecular weight excluding hydrogens is 264 g/mol. The van der Waals surface area contributed by atoms with Gasteiger partial charge in [0.15, 0.2) is 0 Å². The van der Waals surface area contributed by atoms with E-state index in [-0.39, 0.29) is 0 Å². The minimum Gasteiger partial charge on any atom is -0.486 e. The molecule has 0 aliphatic heterocycles. The van der Waals surface area contributed by atoms with Crippen molar-refractivity contribution in [1.29, 1.82) is 0 Å². The SMILES string of the molecule is Brc1cncc(OCc2cncs2)c1. The molecule has 2 aromatic rings. The van der Waals surface area contributed by atoms with E-state index in [1.165, 1.54) is 0 Å². The van der Waals surface area contributed by atoms with Crippen molar-refractivity contribution in [1.82, 2.24) is 9.97 Å². The van der Waals surface area contributed by atoms with Crippen LogP contribution in [0.1, 0.15) is 4.88 Å². The zero-order chi connectivity index (χ0) is 9.80. The predicted molar refractivity (Wildman–Crippen MR) is 58.4 cm³/mol. The van der Waals surface area contributed by atoms with Crippen LogP contribution in [0.3, 0.4) is 0 Å². The molecule has 0 amide bonds. The van der Waals surface area contributed by atoms with Gasteiger partial charge in [-0.15, -0.1) is 11.3 Å². The fourth-order valence-corrected chi connectivity index (χ4v) is 1.79. The van der Waals surface area contributed by atoms with Crippen LogP contribution in [0.5, 0.6) is 5.75 Å². The number of thiazole rings is 1. The molecule has 0 aliphatic carbocycles. The van der Waals surface area contributed by atoms with Crippen LogP contribution in [-0.2, 0) is 6.61 Å². The molecule has 0 bridgehead atoms. The number of ether oxygens (including phenoxy) is 1. The van der Waals surface area contributed by atoms with Gasteiger partial charge in [0, 0.05) is 16.9 Å². The van der Waals surface area contributed by atoms with Gasteiger partial charge >= 0.3 is 0 Å². The molecule has 0 aromatic carbocycles. The van der Waals surface area contributed by atoms with Crippen molar-refractivity contribution in [3.8, 4) is 5.75 Å². The fraction of sp³-hybridized carbons (Fsp3) is 0.111. The van der Waals surface area contributed by atoms with Crippen LogP contribution in [0, 0.1) is 0 Å². The van der Waals surface area contributed by atoms with Crippen LogP contribution < -0.4 is 4.74 Å². The lowest BCUT2D eigenvalue weighted by Crippen LogP contribution is -1.93. The van der Waals surface area contributed by atoms with Crippen LogP contribution in [0.15, 0.2) is 34.6 Å². The Labute approximate surface area is 93.9 Å². The normalized spacial score (nSPS) is 10.1. The zero-order valence-corrected chi connectivity index (χ0v) is 9.59. The second-order valence-electron chi connectivity index (χ2n) is 2.60. The van der Waals surface area contributed by atoms with Crippen molar-refractivity contribution >= 4 is 27.3 Å². The smallest absolute Gasteiger partial charge is 0.139 e. The van der Waals surface area contributed by atoms with Crippen LogP contribution in [-0.4, -0.2) is 9.97 Å². The third kappa shape index (κ3) is 2.52. The maximum Gasteiger partial charge on any atom is 0.139 e. The minimum atomic E-state index is 0.544. The van der Waals surface area contributed by atoms with Crippen LogP contribution >= 0.6 is 27.3 Å². The van der Waals surface area contributed by atoms with Gasteiger partial charge in [-0.05, 0) is 22.0 Å². The first kappa shape index (κ1) is 9.61. The highest BCUT2D eigenvalue weighted by Crippen LogP contribution is 2.17. The van der Waals surface area contributed by atoms with Crippen molar-refractivity contribution in [2.75, 3.05) is 0 Å². The third-order valence-electron chi connectivity index (χ3n) is 1.54. The third-order valence-corrected chi connectivity index (χ3v) is 2.73. The van der Waals surface area contributed by atoms with Crippen molar-refractivity contribution in [2.45, 2.75) is 6.61 Å². The summed E-state index contributed by atoms with van der Waals surface area (Å²) in [4.78, 5) is 9.07. The van der Waals surface area contributed by atoms with Gasteiger partial charge in [-0.2, -0.15) is 0 Å². The summed E-state index contributed by atoms with van der Waals surface area (Å²) < 4.78 is 6.43. The van der Waals surface area contributed by atoms with Gasteiger partial charge in [-0.1, -0.05) is 0 Å². The molecule has 0 fully saturated rings. The Bertz CT molecular complexity index is 405.